The average molecular weight is 251 g/mol. The third-order valence-electron chi connectivity index (χ3n) is 3.50. The van der Waals surface area contributed by atoms with Gasteiger partial charge in [0.25, 0.3) is 0 Å². The monoisotopic (exact) mass is 251 g/mol. The molecule has 1 atom stereocenters. The molecule has 1 aliphatic rings. The summed E-state index contributed by atoms with van der Waals surface area (Å²) in [6.07, 6.45) is 0.960. The molecule has 0 bridgehead atoms. The molecule has 1 saturated heterocycles. The number of aliphatic hydroxyl groups is 1. The lowest BCUT2D eigenvalue weighted by atomic mass is 9.98. The number of hydrogen-bond acceptors (Lipinski definition) is 2. The minimum Gasteiger partial charge on any atom is -0.393 e. The van der Waals surface area contributed by atoms with Crippen molar-refractivity contribution in [3.05, 3.63) is 35.6 Å². The van der Waals surface area contributed by atoms with E-state index in [1.54, 1.807) is 24.0 Å². The third kappa shape index (κ3) is 2.88. The van der Waals surface area contributed by atoms with Crippen LogP contribution in [0.15, 0.2) is 24.3 Å². The zero-order valence-electron chi connectivity index (χ0n) is 10.5. The van der Waals surface area contributed by atoms with Crippen molar-refractivity contribution >= 4 is 5.91 Å². The molecule has 1 aromatic rings. The summed E-state index contributed by atoms with van der Waals surface area (Å²) in [5, 5.41) is 9.41. The molecule has 0 saturated carbocycles. The molecule has 1 amide bonds. The predicted octanol–water partition coefficient (Wildman–Crippen LogP) is 1.91. The van der Waals surface area contributed by atoms with Gasteiger partial charge in [-0.2, -0.15) is 0 Å². The number of nitrogens with zero attached hydrogens (tertiary/aromatic N) is 1. The quantitative estimate of drug-likeness (QED) is 0.872. The highest BCUT2D eigenvalue weighted by Crippen LogP contribution is 2.21. The van der Waals surface area contributed by atoms with Crippen LogP contribution >= 0.6 is 0 Å². The summed E-state index contributed by atoms with van der Waals surface area (Å²) in [6.45, 7) is 2.96. The first kappa shape index (κ1) is 13.0. The lowest BCUT2D eigenvalue weighted by Gasteiger charge is -2.31. The van der Waals surface area contributed by atoms with E-state index >= 15 is 0 Å². The molecule has 0 aromatic heterocycles. The maximum Gasteiger partial charge on any atom is 0.229 e. The van der Waals surface area contributed by atoms with Crippen LogP contribution in [0.3, 0.4) is 0 Å². The molecule has 1 heterocycles. The fourth-order valence-corrected chi connectivity index (χ4v) is 2.28. The standard InChI is InChI=1S/C14H18FNO2/c1-10(11-3-2-4-12(15)9-11)14(18)16-7-5-13(17)6-8-16/h2-4,9-10,13,17H,5-8H2,1H3. The Morgan fingerprint density at radius 1 is 1.44 bits per heavy atom. The summed E-state index contributed by atoms with van der Waals surface area (Å²) >= 11 is 0. The van der Waals surface area contributed by atoms with Crippen molar-refractivity contribution in [1.29, 1.82) is 0 Å². The van der Waals surface area contributed by atoms with Gasteiger partial charge in [0.2, 0.25) is 5.91 Å². The predicted molar refractivity (Wildman–Crippen MR) is 66.6 cm³/mol. The smallest absolute Gasteiger partial charge is 0.229 e. The Morgan fingerprint density at radius 3 is 2.72 bits per heavy atom. The first-order chi connectivity index (χ1) is 8.58. The SMILES string of the molecule is CC(C(=O)N1CCC(O)CC1)c1cccc(F)c1. The van der Waals surface area contributed by atoms with Crippen molar-refractivity contribution in [3.8, 4) is 0 Å². The van der Waals surface area contributed by atoms with E-state index in [1.807, 2.05) is 0 Å². The highest BCUT2D eigenvalue weighted by atomic mass is 19.1. The first-order valence-corrected chi connectivity index (χ1v) is 6.30. The van der Waals surface area contributed by atoms with E-state index in [1.165, 1.54) is 12.1 Å². The van der Waals surface area contributed by atoms with Gasteiger partial charge in [0.15, 0.2) is 0 Å². The van der Waals surface area contributed by atoms with E-state index in [0.717, 1.165) is 0 Å². The molecule has 2 rings (SSSR count). The highest BCUT2D eigenvalue weighted by molar-refractivity contribution is 5.83. The van der Waals surface area contributed by atoms with Crippen LogP contribution in [-0.2, 0) is 4.79 Å². The maximum atomic E-state index is 13.1. The van der Waals surface area contributed by atoms with Crippen LogP contribution in [0.4, 0.5) is 4.39 Å². The molecule has 4 heteroatoms. The van der Waals surface area contributed by atoms with E-state index in [-0.39, 0.29) is 23.7 Å². The van der Waals surface area contributed by atoms with Gasteiger partial charge in [0, 0.05) is 13.1 Å². The minimum absolute atomic E-state index is 0.00694. The molecule has 1 N–H and O–H groups in total. The Balaban J connectivity index is 2.04. The number of aliphatic hydroxyl groups excluding tert-OH is 1. The fraction of sp³-hybridized carbons (Fsp3) is 0.500. The van der Waals surface area contributed by atoms with Crippen molar-refractivity contribution in [2.24, 2.45) is 0 Å². The molecular weight excluding hydrogens is 233 g/mol. The van der Waals surface area contributed by atoms with Crippen LogP contribution in [0.2, 0.25) is 0 Å². The van der Waals surface area contributed by atoms with Crippen LogP contribution in [0.5, 0.6) is 0 Å². The van der Waals surface area contributed by atoms with Gasteiger partial charge >= 0.3 is 0 Å². The number of benzene rings is 1. The van der Waals surface area contributed by atoms with E-state index < -0.39 is 0 Å². The molecule has 0 aliphatic carbocycles. The van der Waals surface area contributed by atoms with Gasteiger partial charge < -0.3 is 10.0 Å². The number of amides is 1. The molecule has 1 aromatic carbocycles. The number of likely N-dealkylation sites (tertiary alicyclic amines) is 1. The van der Waals surface area contributed by atoms with Gasteiger partial charge in [-0.25, -0.2) is 4.39 Å². The molecule has 1 unspecified atom stereocenters. The lowest BCUT2D eigenvalue weighted by molar-refractivity contribution is -0.134. The van der Waals surface area contributed by atoms with E-state index in [9.17, 15) is 14.3 Å². The molecule has 1 fully saturated rings. The molecule has 0 radical (unpaired) electrons. The lowest BCUT2D eigenvalue weighted by Crippen LogP contribution is -2.41. The van der Waals surface area contributed by atoms with Gasteiger partial charge in [-0.1, -0.05) is 12.1 Å². The van der Waals surface area contributed by atoms with Gasteiger partial charge in [-0.15, -0.1) is 0 Å². The van der Waals surface area contributed by atoms with Crippen LogP contribution in [-0.4, -0.2) is 35.1 Å². The van der Waals surface area contributed by atoms with E-state index in [0.29, 0.717) is 31.5 Å². The fourth-order valence-electron chi connectivity index (χ4n) is 2.28. The first-order valence-electron chi connectivity index (χ1n) is 6.30. The van der Waals surface area contributed by atoms with E-state index in [2.05, 4.69) is 0 Å². The zero-order valence-corrected chi connectivity index (χ0v) is 10.5. The minimum atomic E-state index is -0.337. The van der Waals surface area contributed by atoms with Crippen LogP contribution < -0.4 is 0 Å². The summed E-state index contributed by atoms with van der Waals surface area (Å²) < 4.78 is 13.1. The second-order valence-corrected chi connectivity index (χ2v) is 4.83. The van der Waals surface area contributed by atoms with Crippen molar-refractivity contribution in [2.45, 2.75) is 31.8 Å². The zero-order chi connectivity index (χ0) is 13.1. The third-order valence-corrected chi connectivity index (χ3v) is 3.50. The Labute approximate surface area is 106 Å². The van der Waals surface area contributed by atoms with Crippen LogP contribution in [0.1, 0.15) is 31.2 Å². The van der Waals surface area contributed by atoms with Gasteiger partial charge in [0.1, 0.15) is 5.82 Å². The summed E-state index contributed by atoms with van der Waals surface area (Å²) in [6, 6.07) is 6.16. The number of piperidine rings is 1. The Hall–Kier alpha value is -1.42. The molecule has 98 valence electrons. The second kappa shape index (κ2) is 5.48. The average Bonchev–Trinajstić information content (AvgIpc) is 2.38. The molecule has 1 aliphatic heterocycles. The van der Waals surface area contributed by atoms with Crippen molar-refractivity contribution < 1.29 is 14.3 Å². The normalized spacial score (nSPS) is 18.7. The summed E-state index contributed by atoms with van der Waals surface area (Å²) in [5.74, 6) is -0.648. The Morgan fingerprint density at radius 2 is 2.11 bits per heavy atom. The summed E-state index contributed by atoms with van der Waals surface area (Å²) in [7, 11) is 0. The van der Waals surface area contributed by atoms with Crippen molar-refractivity contribution in [3.63, 3.8) is 0 Å². The van der Waals surface area contributed by atoms with E-state index in [4.69, 9.17) is 0 Å². The number of rotatable bonds is 2. The Kier molecular flexibility index (Phi) is 3.97. The maximum absolute atomic E-state index is 13.1. The van der Waals surface area contributed by atoms with Crippen molar-refractivity contribution in [1.82, 2.24) is 4.90 Å². The molecule has 18 heavy (non-hydrogen) atoms. The molecule has 3 nitrogen and oxygen atoms in total. The van der Waals surface area contributed by atoms with Gasteiger partial charge in [-0.05, 0) is 37.5 Å². The second-order valence-electron chi connectivity index (χ2n) is 4.83. The highest BCUT2D eigenvalue weighted by Gasteiger charge is 2.25. The van der Waals surface area contributed by atoms with Crippen LogP contribution in [0.25, 0.3) is 0 Å². The number of halogens is 1. The number of carbonyl (C=O) groups is 1. The summed E-state index contributed by atoms with van der Waals surface area (Å²) in [5.41, 5.74) is 0.700. The Bertz CT molecular complexity index is 428. The summed E-state index contributed by atoms with van der Waals surface area (Å²) in [4.78, 5) is 14.0. The number of carbonyl (C=O) groups excluding carboxylic acids is 1. The molecule has 0 spiro atoms. The van der Waals surface area contributed by atoms with Crippen molar-refractivity contribution in [2.75, 3.05) is 13.1 Å². The largest absolute Gasteiger partial charge is 0.393 e. The molecular formula is C14H18FNO2. The van der Waals surface area contributed by atoms with Gasteiger partial charge in [0.05, 0.1) is 12.0 Å². The van der Waals surface area contributed by atoms with Crippen LogP contribution in [0, 0.1) is 5.82 Å². The number of hydrogen-bond donors (Lipinski definition) is 1. The topological polar surface area (TPSA) is 40.5 Å². The van der Waals surface area contributed by atoms with Gasteiger partial charge in [-0.3, -0.25) is 4.79 Å².